The molecule has 0 aliphatic carbocycles. The molecule has 2 heterocycles. The second-order valence-electron chi connectivity index (χ2n) is 2.85. The lowest BCUT2D eigenvalue weighted by molar-refractivity contribution is 0.111. The van der Waals surface area contributed by atoms with Gasteiger partial charge in [0.1, 0.15) is 5.69 Å². The van der Waals surface area contributed by atoms with Crippen molar-refractivity contribution in [3.8, 4) is 10.7 Å². The number of hydrogen-bond acceptors (Lipinski definition) is 4. The molecule has 2 rings (SSSR count). The molecule has 0 radical (unpaired) electrons. The van der Waals surface area contributed by atoms with Gasteiger partial charge in [-0.05, 0) is 24.4 Å². The van der Waals surface area contributed by atoms with E-state index in [0.717, 1.165) is 16.9 Å². The highest BCUT2D eigenvalue weighted by Crippen LogP contribution is 2.20. The Hall–Kier alpha value is -1.55. The van der Waals surface area contributed by atoms with Crippen molar-refractivity contribution in [1.82, 2.24) is 9.97 Å². The maximum atomic E-state index is 10.6. The topological polar surface area (TPSA) is 42.9 Å². The third-order valence-electron chi connectivity index (χ3n) is 1.74. The fraction of sp³-hybridized carbons (Fsp3) is 0.100. The van der Waals surface area contributed by atoms with Gasteiger partial charge < -0.3 is 0 Å². The third-order valence-corrected chi connectivity index (χ3v) is 2.60. The molecule has 2 aromatic heterocycles. The Morgan fingerprint density at radius 2 is 2.29 bits per heavy atom. The summed E-state index contributed by atoms with van der Waals surface area (Å²) in [4.78, 5) is 20.0. The van der Waals surface area contributed by atoms with E-state index >= 15 is 0 Å². The Balaban J connectivity index is 2.54. The van der Waals surface area contributed by atoms with E-state index in [-0.39, 0.29) is 0 Å². The van der Waals surface area contributed by atoms with Gasteiger partial charge in [-0.3, -0.25) is 4.79 Å². The van der Waals surface area contributed by atoms with Crippen LogP contribution >= 0.6 is 11.3 Å². The van der Waals surface area contributed by atoms with Gasteiger partial charge in [-0.1, -0.05) is 6.07 Å². The molecule has 0 fully saturated rings. The van der Waals surface area contributed by atoms with Crippen LogP contribution in [0.25, 0.3) is 10.7 Å². The Labute approximate surface area is 85.5 Å². The second-order valence-corrected chi connectivity index (χ2v) is 3.80. The molecule has 0 N–H and O–H groups in total. The lowest BCUT2D eigenvalue weighted by Gasteiger charge is -1.98. The van der Waals surface area contributed by atoms with Gasteiger partial charge in [-0.2, -0.15) is 0 Å². The van der Waals surface area contributed by atoms with Gasteiger partial charge in [0, 0.05) is 5.69 Å². The van der Waals surface area contributed by atoms with E-state index in [2.05, 4.69) is 9.97 Å². The fourth-order valence-electron chi connectivity index (χ4n) is 1.17. The van der Waals surface area contributed by atoms with Crippen molar-refractivity contribution in [2.45, 2.75) is 6.92 Å². The predicted molar refractivity (Wildman–Crippen MR) is 55.5 cm³/mol. The summed E-state index contributed by atoms with van der Waals surface area (Å²) in [5.74, 6) is 0.627. The molecule has 4 heteroatoms. The Morgan fingerprint density at radius 3 is 2.93 bits per heavy atom. The molecule has 14 heavy (non-hydrogen) atoms. The first-order valence-electron chi connectivity index (χ1n) is 4.14. The number of hydrogen-bond donors (Lipinski definition) is 0. The number of thiophene rings is 1. The van der Waals surface area contributed by atoms with Crippen LogP contribution in [0.1, 0.15) is 16.2 Å². The summed E-state index contributed by atoms with van der Waals surface area (Å²) < 4.78 is 0. The highest BCUT2D eigenvalue weighted by Gasteiger charge is 2.04. The molecule has 0 unspecified atom stereocenters. The number of aromatic nitrogens is 2. The third kappa shape index (κ3) is 1.70. The first-order valence-corrected chi connectivity index (χ1v) is 5.02. The molecular formula is C10H8N2OS. The standard InChI is InChI=1S/C10H8N2OS/c1-7-5-8(6-13)12-10(11-7)9-3-2-4-14-9/h2-6H,1H3. The molecule has 0 saturated carbocycles. The summed E-state index contributed by atoms with van der Waals surface area (Å²) in [6.45, 7) is 1.85. The van der Waals surface area contributed by atoms with E-state index in [0.29, 0.717) is 11.5 Å². The van der Waals surface area contributed by atoms with Crippen LogP contribution in [0.5, 0.6) is 0 Å². The van der Waals surface area contributed by atoms with Crippen molar-refractivity contribution in [3.63, 3.8) is 0 Å². The quantitative estimate of drug-likeness (QED) is 0.705. The average Bonchev–Trinajstić information content (AvgIpc) is 2.69. The van der Waals surface area contributed by atoms with E-state index < -0.39 is 0 Å². The van der Waals surface area contributed by atoms with Gasteiger partial charge >= 0.3 is 0 Å². The first-order chi connectivity index (χ1) is 6.79. The van der Waals surface area contributed by atoms with Gasteiger partial charge in [0.15, 0.2) is 12.1 Å². The van der Waals surface area contributed by atoms with Crippen molar-refractivity contribution >= 4 is 17.6 Å². The lowest BCUT2D eigenvalue weighted by atomic mass is 10.3. The van der Waals surface area contributed by atoms with Crippen molar-refractivity contribution in [2.24, 2.45) is 0 Å². The van der Waals surface area contributed by atoms with E-state index in [1.54, 1.807) is 17.4 Å². The summed E-state index contributed by atoms with van der Waals surface area (Å²) in [6, 6.07) is 5.55. The molecule has 0 spiro atoms. The number of carbonyl (C=O) groups excluding carboxylic acids is 1. The largest absolute Gasteiger partial charge is 0.296 e. The highest BCUT2D eigenvalue weighted by atomic mass is 32.1. The fourth-order valence-corrected chi connectivity index (χ4v) is 1.83. The lowest BCUT2D eigenvalue weighted by Crippen LogP contribution is -1.95. The summed E-state index contributed by atoms with van der Waals surface area (Å²) in [5.41, 5.74) is 1.24. The normalized spacial score (nSPS) is 10.1. The number of aryl methyl sites for hydroxylation is 1. The minimum absolute atomic E-state index is 0.431. The molecular weight excluding hydrogens is 196 g/mol. The maximum absolute atomic E-state index is 10.6. The summed E-state index contributed by atoms with van der Waals surface area (Å²) in [5, 5.41) is 1.96. The Kier molecular flexibility index (Phi) is 2.37. The molecule has 0 bridgehead atoms. The number of nitrogens with zero attached hydrogens (tertiary/aromatic N) is 2. The van der Waals surface area contributed by atoms with E-state index in [1.165, 1.54) is 0 Å². The van der Waals surface area contributed by atoms with Crippen molar-refractivity contribution in [3.05, 3.63) is 35.0 Å². The molecule has 2 aromatic rings. The highest BCUT2D eigenvalue weighted by molar-refractivity contribution is 7.13. The molecule has 0 atom stereocenters. The Morgan fingerprint density at radius 1 is 1.43 bits per heavy atom. The monoisotopic (exact) mass is 204 g/mol. The summed E-state index contributed by atoms with van der Waals surface area (Å²) in [7, 11) is 0. The molecule has 3 nitrogen and oxygen atoms in total. The first kappa shape index (κ1) is 9.02. The van der Waals surface area contributed by atoms with Gasteiger partial charge in [0.05, 0.1) is 4.88 Å². The zero-order valence-corrected chi connectivity index (χ0v) is 8.41. The maximum Gasteiger partial charge on any atom is 0.170 e. The smallest absolute Gasteiger partial charge is 0.170 e. The zero-order valence-electron chi connectivity index (χ0n) is 7.60. The Bertz CT molecular complexity index is 451. The van der Waals surface area contributed by atoms with Crippen LogP contribution in [-0.4, -0.2) is 16.3 Å². The van der Waals surface area contributed by atoms with Crippen molar-refractivity contribution < 1.29 is 4.79 Å². The number of aldehydes is 1. The SMILES string of the molecule is Cc1cc(C=O)nc(-c2cccs2)n1. The van der Waals surface area contributed by atoms with Crippen LogP contribution in [-0.2, 0) is 0 Å². The molecule has 0 aromatic carbocycles. The minimum atomic E-state index is 0.431. The number of rotatable bonds is 2. The van der Waals surface area contributed by atoms with Gasteiger partial charge in [0.2, 0.25) is 0 Å². The van der Waals surface area contributed by atoms with Crippen LogP contribution in [0.4, 0.5) is 0 Å². The van der Waals surface area contributed by atoms with E-state index in [1.807, 2.05) is 24.4 Å². The molecule has 0 aliphatic rings. The van der Waals surface area contributed by atoms with Crippen molar-refractivity contribution in [2.75, 3.05) is 0 Å². The van der Waals surface area contributed by atoms with Gasteiger partial charge in [0.25, 0.3) is 0 Å². The molecule has 70 valence electrons. The average molecular weight is 204 g/mol. The van der Waals surface area contributed by atoms with Crippen molar-refractivity contribution in [1.29, 1.82) is 0 Å². The van der Waals surface area contributed by atoms with Gasteiger partial charge in [-0.15, -0.1) is 11.3 Å². The summed E-state index contributed by atoms with van der Waals surface area (Å²) >= 11 is 1.56. The zero-order chi connectivity index (χ0) is 9.97. The minimum Gasteiger partial charge on any atom is -0.296 e. The van der Waals surface area contributed by atoms with E-state index in [4.69, 9.17) is 0 Å². The van der Waals surface area contributed by atoms with E-state index in [9.17, 15) is 4.79 Å². The molecule has 0 saturated heterocycles. The second kappa shape index (κ2) is 3.67. The molecule has 0 amide bonds. The predicted octanol–water partition coefficient (Wildman–Crippen LogP) is 2.33. The molecule has 0 aliphatic heterocycles. The van der Waals surface area contributed by atoms with Gasteiger partial charge in [-0.25, -0.2) is 9.97 Å². The van der Waals surface area contributed by atoms with Crippen LogP contribution in [0.2, 0.25) is 0 Å². The van der Waals surface area contributed by atoms with Crippen LogP contribution in [0.3, 0.4) is 0 Å². The number of carbonyl (C=O) groups is 1. The van der Waals surface area contributed by atoms with Crippen LogP contribution in [0, 0.1) is 6.92 Å². The van der Waals surface area contributed by atoms with Crippen LogP contribution in [0.15, 0.2) is 23.6 Å². The summed E-state index contributed by atoms with van der Waals surface area (Å²) in [6.07, 6.45) is 0.742. The van der Waals surface area contributed by atoms with Crippen LogP contribution < -0.4 is 0 Å².